The fourth-order valence-corrected chi connectivity index (χ4v) is 1.17. The van der Waals surface area contributed by atoms with Crippen molar-refractivity contribution in [1.29, 1.82) is 0 Å². The van der Waals surface area contributed by atoms with Gasteiger partial charge in [0.1, 0.15) is 4.64 Å². The van der Waals surface area contributed by atoms with Gasteiger partial charge in [-0.25, -0.2) is 0 Å². The van der Waals surface area contributed by atoms with Gasteiger partial charge in [0, 0.05) is 6.20 Å². The first kappa shape index (κ1) is 9.42. The van der Waals surface area contributed by atoms with Gasteiger partial charge >= 0.3 is 0 Å². The Morgan fingerprint density at radius 1 is 1.67 bits per heavy atom. The van der Waals surface area contributed by atoms with Gasteiger partial charge in [-0.2, -0.15) is 0 Å². The SMILES string of the molecule is CC[C@@H](O)c1c[nH]c(=S)c(C)c1. The molecule has 0 bridgehead atoms. The van der Waals surface area contributed by atoms with E-state index >= 15 is 0 Å². The summed E-state index contributed by atoms with van der Waals surface area (Å²) in [5.41, 5.74) is 1.92. The summed E-state index contributed by atoms with van der Waals surface area (Å²) in [4.78, 5) is 2.94. The molecule has 1 aromatic heterocycles. The maximum atomic E-state index is 9.49. The molecule has 2 N–H and O–H groups in total. The molecule has 0 fully saturated rings. The lowest BCUT2D eigenvalue weighted by atomic mass is 10.1. The molecule has 0 spiro atoms. The molecule has 0 aromatic carbocycles. The molecule has 1 rings (SSSR count). The molecule has 0 aliphatic heterocycles. The van der Waals surface area contributed by atoms with Gasteiger partial charge in [0.25, 0.3) is 0 Å². The predicted molar refractivity (Wildman–Crippen MR) is 51.6 cm³/mol. The summed E-state index contributed by atoms with van der Waals surface area (Å²) in [6.07, 6.45) is 2.11. The van der Waals surface area contributed by atoms with Gasteiger partial charge < -0.3 is 10.1 Å². The molecule has 66 valence electrons. The van der Waals surface area contributed by atoms with Gasteiger partial charge in [-0.15, -0.1) is 0 Å². The highest BCUT2D eigenvalue weighted by Gasteiger charge is 2.04. The lowest BCUT2D eigenvalue weighted by Gasteiger charge is -2.07. The third kappa shape index (κ3) is 1.93. The molecule has 1 atom stereocenters. The maximum Gasteiger partial charge on any atom is 0.106 e. The summed E-state index contributed by atoms with van der Waals surface area (Å²) >= 11 is 5.00. The zero-order chi connectivity index (χ0) is 9.14. The van der Waals surface area contributed by atoms with Crippen molar-refractivity contribution in [2.24, 2.45) is 0 Å². The highest BCUT2D eigenvalue weighted by atomic mass is 32.1. The minimum absolute atomic E-state index is 0.379. The Bertz CT molecular complexity index is 319. The standard InChI is InChI=1S/C9H13NOS/c1-3-8(11)7-4-6(2)9(12)10-5-7/h4-5,8,11H,3H2,1-2H3,(H,10,12)/t8-/m1/s1. The van der Waals surface area contributed by atoms with Crippen molar-refractivity contribution in [2.45, 2.75) is 26.4 Å². The number of hydrogen-bond acceptors (Lipinski definition) is 2. The number of aryl methyl sites for hydroxylation is 1. The minimum Gasteiger partial charge on any atom is -0.388 e. The van der Waals surface area contributed by atoms with Crippen LogP contribution in [0.3, 0.4) is 0 Å². The summed E-state index contributed by atoms with van der Waals surface area (Å²) in [7, 11) is 0. The van der Waals surface area contributed by atoms with Crippen molar-refractivity contribution >= 4 is 12.2 Å². The van der Waals surface area contributed by atoms with Crippen LogP contribution in [0.1, 0.15) is 30.6 Å². The molecule has 0 saturated carbocycles. The van der Waals surface area contributed by atoms with E-state index in [0.29, 0.717) is 0 Å². The van der Waals surface area contributed by atoms with Gasteiger partial charge in [0.2, 0.25) is 0 Å². The number of H-pyrrole nitrogens is 1. The normalized spacial score (nSPS) is 12.9. The lowest BCUT2D eigenvalue weighted by Crippen LogP contribution is -1.96. The zero-order valence-electron chi connectivity index (χ0n) is 7.29. The van der Waals surface area contributed by atoms with Gasteiger partial charge in [0.05, 0.1) is 6.10 Å². The van der Waals surface area contributed by atoms with Crippen LogP contribution in [-0.2, 0) is 0 Å². The van der Waals surface area contributed by atoms with Crippen LogP contribution in [0.2, 0.25) is 0 Å². The maximum absolute atomic E-state index is 9.49. The first-order chi connectivity index (χ1) is 5.65. The molecule has 0 aliphatic rings. The molecule has 0 aliphatic carbocycles. The highest BCUT2D eigenvalue weighted by Crippen LogP contribution is 2.15. The van der Waals surface area contributed by atoms with Crippen molar-refractivity contribution in [3.63, 3.8) is 0 Å². The second kappa shape index (κ2) is 3.83. The molecule has 3 heteroatoms. The number of aromatic nitrogens is 1. The van der Waals surface area contributed by atoms with Crippen LogP contribution < -0.4 is 0 Å². The Morgan fingerprint density at radius 2 is 2.33 bits per heavy atom. The number of aromatic amines is 1. The van der Waals surface area contributed by atoms with E-state index in [-0.39, 0.29) is 6.10 Å². The molecule has 2 nitrogen and oxygen atoms in total. The van der Waals surface area contributed by atoms with Crippen molar-refractivity contribution < 1.29 is 5.11 Å². The summed E-state index contributed by atoms with van der Waals surface area (Å²) in [5, 5.41) is 9.49. The second-order valence-corrected chi connectivity index (χ2v) is 3.28. The van der Waals surface area contributed by atoms with E-state index in [1.54, 1.807) is 6.20 Å². The summed E-state index contributed by atoms with van der Waals surface area (Å²) in [6, 6.07) is 1.92. The molecule has 1 heterocycles. The van der Waals surface area contributed by atoms with Crippen molar-refractivity contribution in [1.82, 2.24) is 4.98 Å². The van der Waals surface area contributed by atoms with Crippen molar-refractivity contribution in [2.75, 3.05) is 0 Å². The van der Waals surface area contributed by atoms with E-state index in [0.717, 1.165) is 22.2 Å². The molecular formula is C9H13NOS. The third-order valence-electron chi connectivity index (χ3n) is 1.88. The Hall–Kier alpha value is -0.670. The average Bonchev–Trinajstić information content (AvgIpc) is 2.08. The van der Waals surface area contributed by atoms with Crippen LogP contribution >= 0.6 is 12.2 Å². The van der Waals surface area contributed by atoms with E-state index in [1.165, 1.54) is 0 Å². The van der Waals surface area contributed by atoms with Gasteiger partial charge in [0.15, 0.2) is 0 Å². The molecular weight excluding hydrogens is 170 g/mol. The molecule has 1 aromatic rings. The number of pyridine rings is 1. The molecule has 0 unspecified atom stereocenters. The van der Waals surface area contributed by atoms with E-state index < -0.39 is 0 Å². The van der Waals surface area contributed by atoms with Gasteiger partial charge in [-0.3, -0.25) is 0 Å². The van der Waals surface area contributed by atoms with Crippen LogP contribution in [0.4, 0.5) is 0 Å². The monoisotopic (exact) mass is 183 g/mol. The lowest BCUT2D eigenvalue weighted by molar-refractivity contribution is 0.173. The van der Waals surface area contributed by atoms with Crippen molar-refractivity contribution in [3.05, 3.63) is 28.0 Å². The minimum atomic E-state index is -0.379. The Labute approximate surface area is 77.3 Å². The molecule has 12 heavy (non-hydrogen) atoms. The zero-order valence-corrected chi connectivity index (χ0v) is 8.11. The summed E-state index contributed by atoms with van der Waals surface area (Å²) in [6.45, 7) is 3.88. The molecule has 0 saturated heterocycles. The number of aliphatic hydroxyl groups excluding tert-OH is 1. The van der Waals surface area contributed by atoms with Crippen LogP contribution in [0.25, 0.3) is 0 Å². The Kier molecular flexibility index (Phi) is 3.00. The van der Waals surface area contributed by atoms with E-state index in [2.05, 4.69) is 4.98 Å². The third-order valence-corrected chi connectivity index (χ3v) is 2.32. The number of rotatable bonds is 2. The number of nitrogens with one attached hydrogen (secondary N) is 1. The summed E-state index contributed by atoms with van der Waals surface area (Å²) < 4.78 is 0.738. The van der Waals surface area contributed by atoms with Gasteiger partial charge in [-0.1, -0.05) is 19.1 Å². The van der Waals surface area contributed by atoms with E-state index in [4.69, 9.17) is 12.2 Å². The largest absolute Gasteiger partial charge is 0.388 e. The van der Waals surface area contributed by atoms with Crippen molar-refractivity contribution in [3.8, 4) is 0 Å². The number of hydrogen-bond donors (Lipinski definition) is 2. The van der Waals surface area contributed by atoms with Crippen LogP contribution in [-0.4, -0.2) is 10.1 Å². The highest BCUT2D eigenvalue weighted by molar-refractivity contribution is 7.71. The smallest absolute Gasteiger partial charge is 0.106 e. The first-order valence-corrected chi connectivity index (χ1v) is 4.43. The Morgan fingerprint density at radius 3 is 2.83 bits per heavy atom. The average molecular weight is 183 g/mol. The summed E-state index contributed by atoms with van der Waals surface area (Å²) in [5.74, 6) is 0. The fraction of sp³-hybridized carbons (Fsp3) is 0.444. The van der Waals surface area contributed by atoms with Crippen LogP contribution in [0.5, 0.6) is 0 Å². The molecule has 0 radical (unpaired) electrons. The molecule has 0 amide bonds. The Balaban J connectivity index is 3.04. The first-order valence-electron chi connectivity index (χ1n) is 4.02. The predicted octanol–water partition coefficient (Wildman–Crippen LogP) is 2.50. The fourth-order valence-electron chi connectivity index (χ4n) is 1.05. The van der Waals surface area contributed by atoms with Crippen LogP contribution in [0.15, 0.2) is 12.3 Å². The number of aliphatic hydroxyl groups is 1. The second-order valence-electron chi connectivity index (χ2n) is 2.87. The topological polar surface area (TPSA) is 36.0 Å². The van der Waals surface area contributed by atoms with E-state index in [9.17, 15) is 5.11 Å². The van der Waals surface area contributed by atoms with Crippen LogP contribution in [0, 0.1) is 11.6 Å². The quantitative estimate of drug-likeness (QED) is 0.691. The van der Waals surface area contributed by atoms with E-state index in [1.807, 2.05) is 19.9 Å². The van der Waals surface area contributed by atoms with Gasteiger partial charge in [-0.05, 0) is 30.5 Å².